The lowest BCUT2D eigenvalue weighted by Gasteiger charge is -2.16. The summed E-state index contributed by atoms with van der Waals surface area (Å²) in [5.74, 6) is 0.827. The molecule has 0 heterocycles. The van der Waals surface area contributed by atoms with E-state index in [2.05, 4.69) is 0 Å². The van der Waals surface area contributed by atoms with Gasteiger partial charge in [-0.3, -0.25) is 0 Å². The number of rotatable bonds is 8. The van der Waals surface area contributed by atoms with Crippen LogP contribution in [0.4, 0.5) is 0 Å². The zero-order valence-electron chi connectivity index (χ0n) is 12.3. The van der Waals surface area contributed by atoms with E-state index in [1.165, 1.54) is 0 Å². The molecule has 2 N–H and O–H groups in total. The van der Waals surface area contributed by atoms with E-state index in [9.17, 15) is 0 Å². The number of nitrogens with two attached hydrogens (primary N) is 1. The molecule has 1 rings (SSSR count). The molecule has 0 aliphatic carbocycles. The van der Waals surface area contributed by atoms with E-state index in [1.54, 1.807) is 7.11 Å². The first kappa shape index (κ1) is 16.0. The summed E-state index contributed by atoms with van der Waals surface area (Å²) in [5.41, 5.74) is 7.99. The zero-order chi connectivity index (χ0) is 14.3. The van der Waals surface area contributed by atoms with Gasteiger partial charge in [-0.25, -0.2) is 0 Å². The minimum atomic E-state index is 0.00510. The topological polar surface area (TPSA) is 53.7 Å². The number of benzene rings is 1. The predicted molar refractivity (Wildman–Crippen MR) is 76.3 cm³/mol. The molecule has 1 aromatic rings. The van der Waals surface area contributed by atoms with Crippen LogP contribution in [0.2, 0.25) is 0 Å². The van der Waals surface area contributed by atoms with Crippen molar-refractivity contribution in [1.82, 2.24) is 0 Å². The largest absolute Gasteiger partial charge is 0.496 e. The van der Waals surface area contributed by atoms with Gasteiger partial charge < -0.3 is 19.9 Å². The molecule has 108 valence electrons. The van der Waals surface area contributed by atoms with Crippen LogP contribution in [0.15, 0.2) is 18.2 Å². The molecule has 0 amide bonds. The average molecular weight is 267 g/mol. The Hall–Kier alpha value is -1.10. The maximum atomic E-state index is 5.89. The van der Waals surface area contributed by atoms with E-state index in [4.69, 9.17) is 19.9 Å². The number of ether oxygens (including phenoxy) is 3. The van der Waals surface area contributed by atoms with Crippen LogP contribution in [0.5, 0.6) is 5.75 Å². The van der Waals surface area contributed by atoms with Crippen molar-refractivity contribution in [2.24, 2.45) is 5.73 Å². The molecule has 0 spiro atoms. The van der Waals surface area contributed by atoms with Crippen molar-refractivity contribution in [1.29, 1.82) is 0 Å². The molecule has 0 bridgehead atoms. The molecule has 4 nitrogen and oxygen atoms in total. The SMILES string of the molecule is CCOCC(C)OCc1cc(C(C)N)ccc1OC. The van der Waals surface area contributed by atoms with Crippen molar-refractivity contribution in [3.63, 3.8) is 0 Å². The molecular weight excluding hydrogens is 242 g/mol. The summed E-state index contributed by atoms with van der Waals surface area (Å²) >= 11 is 0. The summed E-state index contributed by atoms with van der Waals surface area (Å²) in [4.78, 5) is 0. The second-order valence-corrected chi connectivity index (χ2v) is 4.64. The molecule has 2 atom stereocenters. The van der Waals surface area contributed by atoms with E-state index < -0.39 is 0 Å². The van der Waals surface area contributed by atoms with Crippen molar-refractivity contribution in [3.8, 4) is 5.75 Å². The first-order valence-corrected chi connectivity index (χ1v) is 6.70. The second kappa shape index (κ2) is 8.15. The molecule has 19 heavy (non-hydrogen) atoms. The van der Waals surface area contributed by atoms with E-state index >= 15 is 0 Å². The molecule has 2 unspecified atom stereocenters. The molecule has 0 saturated heterocycles. The van der Waals surface area contributed by atoms with Crippen LogP contribution in [0.1, 0.15) is 37.9 Å². The smallest absolute Gasteiger partial charge is 0.124 e. The molecule has 0 aliphatic heterocycles. The average Bonchev–Trinajstić information content (AvgIpc) is 2.42. The third-order valence-electron chi connectivity index (χ3n) is 2.91. The summed E-state index contributed by atoms with van der Waals surface area (Å²) in [6.07, 6.45) is 0.0589. The highest BCUT2D eigenvalue weighted by molar-refractivity contribution is 5.37. The minimum absolute atomic E-state index is 0.00510. The Kier molecular flexibility index (Phi) is 6.84. The Bertz CT molecular complexity index is 380. The quantitative estimate of drug-likeness (QED) is 0.786. The first-order chi connectivity index (χ1) is 9.08. The van der Waals surface area contributed by atoms with Gasteiger partial charge in [0.1, 0.15) is 5.75 Å². The maximum Gasteiger partial charge on any atom is 0.124 e. The fourth-order valence-corrected chi connectivity index (χ4v) is 1.76. The van der Waals surface area contributed by atoms with E-state index in [0.29, 0.717) is 19.8 Å². The molecule has 0 aromatic heterocycles. The van der Waals surface area contributed by atoms with Crippen LogP contribution in [-0.2, 0) is 16.1 Å². The van der Waals surface area contributed by atoms with Crippen LogP contribution < -0.4 is 10.5 Å². The third kappa shape index (κ3) is 5.19. The molecule has 1 aromatic carbocycles. The third-order valence-corrected chi connectivity index (χ3v) is 2.91. The van der Waals surface area contributed by atoms with Crippen molar-refractivity contribution in [3.05, 3.63) is 29.3 Å². The Morgan fingerprint density at radius 1 is 1.26 bits per heavy atom. The Labute approximate surface area is 115 Å². The van der Waals surface area contributed by atoms with Crippen molar-refractivity contribution in [2.45, 2.75) is 39.5 Å². The fourth-order valence-electron chi connectivity index (χ4n) is 1.76. The summed E-state index contributed by atoms with van der Waals surface area (Å²) in [5, 5.41) is 0. The van der Waals surface area contributed by atoms with Gasteiger partial charge in [-0.05, 0) is 38.5 Å². The van der Waals surface area contributed by atoms with Gasteiger partial charge in [-0.15, -0.1) is 0 Å². The van der Waals surface area contributed by atoms with Gasteiger partial charge in [0.05, 0.1) is 26.4 Å². The normalized spacial score (nSPS) is 14.2. The van der Waals surface area contributed by atoms with Crippen molar-refractivity contribution < 1.29 is 14.2 Å². The summed E-state index contributed by atoms with van der Waals surface area (Å²) in [7, 11) is 1.66. The highest BCUT2D eigenvalue weighted by atomic mass is 16.5. The second-order valence-electron chi connectivity index (χ2n) is 4.64. The van der Waals surface area contributed by atoms with Gasteiger partial charge in [0.2, 0.25) is 0 Å². The lowest BCUT2D eigenvalue weighted by atomic mass is 10.1. The van der Waals surface area contributed by atoms with E-state index in [-0.39, 0.29) is 12.1 Å². The van der Waals surface area contributed by atoms with Crippen LogP contribution in [-0.4, -0.2) is 26.4 Å². The zero-order valence-corrected chi connectivity index (χ0v) is 12.3. The molecule has 4 heteroatoms. The lowest BCUT2D eigenvalue weighted by molar-refractivity contribution is -0.0122. The molecule has 0 aliphatic rings. The Balaban J connectivity index is 2.67. The van der Waals surface area contributed by atoms with Gasteiger partial charge in [0, 0.05) is 18.2 Å². The van der Waals surface area contributed by atoms with Gasteiger partial charge in [0.15, 0.2) is 0 Å². The lowest BCUT2D eigenvalue weighted by Crippen LogP contribution is -2.16. The van der Waals surface area contributed by atoms with Crippen molar-refractivity contribution >= 4 is 0 Å². The highest BCUT2D eigenvalue weighted by Gasteiger charge is 2.09. The first-order valence-electron chi connectivity index (χ1n) is 6.70. The van der Waals surface area contributed by atoms with Gasteiger partial charge >= 0.3 is 0 Å². The molecule has 0 radical (unpaired) electrons. The van der Waals surface area contributed by atoms with Crippen LogP contribution in [0, 0.1) is 0 Å². The van der Waals surface area contributed by atoms with Crippen LogP contribution in [0.3, 0.4) is 0 Å². The summed E-state index contributed by atoms with van der Waals surface area (Å²) < 4.78 is 16.4. The van der Waals surface area contributed by atoms with E-state index in [0.717, 1.165) is 16.9 Å². The van der Waals surface area contributed by atoms with Gasteiger partial charge in [-0.2, -0.15) is 0 Å². The fraction of sp³-hybridized carbons (Fsp3) is 0.600. The molecule has 0 saturated carbocycles. The number of methoxy groups -OCH3 is 1. The number of hydrogen-bond donors (Lipinski definition) is 1. The highest BCUT2D eigenvalue weighted by Crippen LogP contribution is 2.23. The molecular formula is C15H25NO3. The summed E-state index contributed by atoms with van der Waals surface area (Å²) in [6.45, 7) is 7.74. The van der Waals surface area contributed by atoms with Crippen LogP contribution in [0.25, 0.3) is 0 Å². The monoisotopic (exact) mass is 267 g/mol. The standard InChI is InChI=1S/C15H25NO3/c1-5-18-9-11(2)19-10-14-8-13(12(3)16)6-7-15(14)17-4/h6-8,11-12H,5,9-10,16H2,1-4H3. The maximum absolute atomic E-state index is 5.89. The Morgan fingerprint density at radius 3 is 2.58 bits per heavy atom. The van der Waals surface area contributed by atoms with Crippen molar-refractivity contribution in [2.75, 3.05) is 20.3 Å². The predicted octanol–water partition coefficient (Wildman–Crippen LogP) is 2.66. The number of hydrogen-bond acceptors (Lipinski definition) is 4. The summed E-state index contributed by atoms with van der Waals surface area (Å²) in [6, 6.07) is 5.96. The minimum Gasteiger partial charge on any atom is -0.496 e. The van der Waals surface area contributed by atoms with Gasteiger partial charge in [0.25, 0.3) is 0 Å². The van der Waals surface area contributed by atoms with Gasteiger partial charge in [-0.1, -0.05) is 6.07 Å². The molecule has 0 fully saturated rings. The van der Waals surface area contributed by atoms with Crippen LogP contribution >= 0.6 is 0 Å². The Morgan fingerprint density at radius 2 is 2.00 bits per heavy atom. The van der Waals surface area contributed by atoms with E-state index in [1.807, 2.05) is 39.0 Å².